The van der Waals surface area contributed by atoms with Crippen LogP contribution in [0.2, 0.25) is 5.15 Å². The van der Waals surface area contributed by atoms with E-state index in [0.29, 0.717) is 36.0 Å². The number of hydrazine groups is 1. The summed E-state index contributed by atoms with van der Waals surface area (Å²) in [6.45, 7) is 4.34. The molecule has 0 saturated heterocycles. The van der Waals surface area contributed by atoms with Gasteiger partial charge >= 0.3 is 0 Å². The van der Waals surface area contributed by atoms with Gasteiger partial charge in [0, 0.05) is 11.9 Å². The normalized spacial score (nSPS) is 10.9. The zero-order chi connectivity index (χ0) is 24.2. The van der Waals surface area contributed by atoms with E-state index in [2.05, 4.69) is 21.0 Å². The predicted molar refractivity (Wildman–Crippen MR) is 129 cm³/mol. The summed E-state index contributed by atoms with van der Waals surface area (Å²) >= 11 is 6.43. The van der Waals surface area contributed by atoms with Crippen molar-refractivity contribution in [1.82, 2.24) is 30.4 Å². The molecule has 34 heavy (non-hydrogen) atoms. The van der Waals surface area contributed by atoms with E-state index >= 15 is 0 Å². The number of nitrogens with zero attached hydrogens (tertiary/aromatic N) is 4. The van der Waals surface area contributed by atoms with E-state index < -0.39 is 11.8 Å². The average molecular weight is 479 g/mol. The summed E-state index contributed by atoms with van der Waals surface area (Å²) in [6, 6.07) is 16.3. The first-order valence-corrected chi connectivity index (χ1v) is 11.2. The van der Waals surface area contributed by atoms with Crippen LogP contribution in [-0.4, -0.2) is 31.4 Å². The van der Waals surface area contributed by atoms with Crippen LogP contribution < -0.4 is 16.4 Å². The molecule has 4 rings (SSSR count). The molecule has 0 radical (unpaired) electrons. The first-order valence-electron chi connectivity index (χ1n) is 10.8. The third kappa shape index (κ3) is 4.55. The van der Waals surface area contributed by atoms with Gasteiger partial charge in [-0.2, -0.15) is 10.2 Å². The van der Waals surface area contributed by atoms with E-state index in [1.54, 1.807) is 31.2 Å². The summed E-state index contributed by atoms with van der Waals surface area (Å²) in [5.41, 5.74) is 6.09. The fraction of sp³-hybridized carbons (Fsp3) is 0.208. The number of rotatable bonds is 6. The van der Waals surface area contributed by atoms with E-state index in [1.807, 2.05) is 37.3 Å². The minimum Gasteiger partial charge on any atom is -0.267 e. The fourth-order valence-corrected chi connectivity index (χ4v) is 3.99. The van der Waals surface area contributed by atoms with Crippen molar-refractivity contribution < 1.29 is 9.59 Å². The van der Waals surface area contributed by atoms with E-state index in [-0.39, 0.29) is 22.0 Å². The first kappa shape index (κ1) is 23.2. The smallest absolute Gasteiger partial charge is 0.267 e. The number of fused-ring (bicyclic) bond motifs is 1. The number of hydrogen-bond donors (Lipinski definition) is 2. The molecule has 2 aromatic heterocycles. The molecular formula is C24H23ClN6O3. The van der Waals surface area contributed by atoms with Gasteiger partial charge in [0.15, 0.2) is 5.69 Å². The highest BCUT2D eigenvalue weighted by atomic mass is 35.5. The highest BCUT2D eigenvalue weighted by molar-refractivity contribution is 6.33. The second-order valence-corrected chi connectivity index (χ2v) is 8.08. The van der Waals surface area contributed by atoms with Gasteiger partial charge in [0.05, 0.1) is 17.6 Å². The molecule has 10 heteroatoms. The van der Waals surface area contributed by atoms with Crippen molar-refractivity contribution in [2.75, 3.05) is 0 Å². The van der Waals surface area contributed by atoms with Crippen LogP contribution in [0.15, 0.2) is 59.4 Å². The molecule has 4 aromatic rings. The molecule has 0 aliphatic rings. The van der Waals surface area contributed by atoms with Gasteiger partial charge < -0.3 is 0 Å². The van der Waals surface area contributed by atoms with Gasteiger partial charge in [0.2, 0.25) is 0 Å². The predicted octanol–water partition coefficient (Wildman–Crippen LogP) is 3.09. The molecule has 0 atom stereocenters. The van der Waals surface area contributed by atoms with Crippen LogP contribution in [0.5, 0.6) is 0 Å². The van der Waals surface area contributed by atoms with Gasteiger partial charge in [0.25, 0.3) is 17.4 Å². The topological polar surface area (TPSA) is 111 Å². The molecule has 0 fully saturated rings. The van der Waals surface area contributed by atoms with Gasteiger partial charge in [-0.1, -0.05) is 67.1 Å². The van der Waals surface area contributed by atoms with Crippen molar-refractivity contribution in [2.45, 2.75) is 33.4 Å². The lowest BCUT2D eigenvalue weighted by atomic mass is 10.1. The molecule has 0 aliphatic heterocycles. The third-order valence-corrected chi connectivity index (χ3v) is 5.66. The zero-order valence-corrected chi connectivity index (χ0v) is 19.5. The van der Waals surface area contributed by atoms with Crippen molar-refractivity contribution >= 4 is 34.2 Å². The molecular weight excluding hydrogens is 456 g/mol. The number of nitrogens with one attached hydrogen (secondary N) is 2. The Bertz CT molecular complexity index is 1430. The van der Waals surface area contributed by atoms with Crippen molar-refractivity contribution in [3.63, 3.8) is 0 Å². The number of aromatic nitrogens is 4. The SMILES string of the molecule is CCCn1nc(C(=O)NNC(=O)c2c(C)nn(Cc3ccccc3)c2Cl)c2ccccc2c1=O. The molecule has 0 saturated carbocycles. The molecule has 9 nitrogen and oxygen atoms in total. The Balaban J connectivity index is 1.55. The lowest BCUT2D eigenvalue weighted by Gasteiger charge is -2.11. The number of hydrogen-bond acceptors (Lipinski definition) is 5. The minimum atomic E-state index is -0.653. The number of halogens is 1. The van der Waals surface area contributed by atoms with Crippen LogP contribution in [-0.2, 0) is 13.1 Å². The molecule has 0 bridgehead atoms. The lowest BCUT2D eigenvalue weighted by molar-refractivity contribution is 0.0843. The summed E-state index contributed by atoms with van der Waals surface area (Å²) in [6.07, 6.45) is 0.674. The Morgan fingerprint density at radius 1 is 0.912 bits per heavy atom. The van der Waals surface area contributed by atoms with E-state index in [4.69, 9.17) is 11.6 Å². The Hall–Kier alpha value is -3.98. The maximum absolute atomic E-state index is 12.9. The van der Waals surface area contributed by atoms with Crippen LogP contribution in [0.3, 0.4) is 0 Å². The average Bonchev–Trinajstić information content (AvgIpc) is 3.12. The van der Waals surface area contributed by atoms with Gasteiger partial charge in [-0.15, -0.1) is 0 Å². The number of amides is 2. The molecule has 174 valence electrons. The van der Waals surface area contributed by atoms with Crippen molar-refractivity contribution in [2.24, 2.45) is 0 Å². The maximum atomic E-state index is 12.9. The van der Waals surface area contributed by atoms with Crippen LogP contribution in [0.1, 0.15) is 45.4 Å². The minimum absolute atomic E-state index is 0.0338. The number of benzene rings is 2. The number of carbonyl (C=O) groups is 2. The summed E-state index contributed by atoms with van der Waals surface area (Å²) in [4.78, 5) is 38.4. The van der Waals surface area contributed by atoms with Crippen LogP contribution >= 0.6 is 11.6 Å². The molecule has 0 aliphatic carbocycles. The summed E-state index contributed by atoms with van der Waals surface area (Å²) < 4.78 is 2.78. The Kier molecular flexibility index (Phi) is 6.74. The fourth-order valence-electron chi connectivity index (χ4n) is 3.67. The number of aryl methyl sites for hydroxylation is 2. The largest absolute Gasteiger partial charge is 0.290 e. The molecule has 2 amide bonds. The zero-order valence-electron chi connectivity index (χ0n) is 18.7. The molecule has 2 heterocycles. The van der Waals surface area contributed by atoms with Gasteiger partial charge in [-0.05, 0) is 25.0 Å². The number of carbonyl (C=O) groups excluding carboxylic acids is 2. The van der Waals surface area contributed by atoms with E-state index in [9.17, 15) is 14.4 Å². The standard InChI is InChI=1S/C24H23ClN6O3/c1-3-13-30-24(34)18-12-8-7-11-17(18)20(29-30)23(33)27-26-22(32)19-15(2)28-31(21(19)25)14-16-9-5-4-6-10-16/h4-12H,3,13-14H2,1-2H3,(H,26,32)(H,27,33). The van der Waals surface area contributed by atoms with E-state index in [1.165, 1.54) is 9.36 Å². The van der Waals surface area contributed by atoms with E-state index in [0.717, 1.165) is 5.56 Å². The molecule has 2 N–H and O–H groups in total. The van der Waals surface area contributed by atoms with Crippen molar-refractivity contribution in [3.05, 3.63) is 92.6 Å². The van der Waals surface area contributed by atoms with Crippen molar-refractivity contribution in [3.8, 4) is 0 Å². The molecule has 2 aromatic carbocycles. The highest BCUT2D eigenvalue weighted by Crippen LogP contribution is 2.21. The summed E-state index contributed by atoms with van der Waals surface area (Å²) in [5.74, 6) is -1.26. The van der Waals surface area contributed by atoms with Crippen molar-refractivity contribution in [1.29, 1.82) is 0 Å². The van der Waals surface area contributed by atoms with Gasteiger partial charge in [-0.3, -0.25) is 25.2 Å². The second kappa shape index (κ2) is 9.88. The Labute approximate surface area is 200 Å². The monoisotopic (exact) mass is 478 g/mol. The first-order chi connectivity index (χ1) is 16.4. The van der Waals surface area contributed by atoms with Crippen LogP contribution in [0.4, 0.5) is 0 Å². The lowest BCUT2D eigenvalue weighted by Crippen LogP contribution is -2.43. The molecule has 0 spiro atoms. The summed E-state index contributed by atoms with van der Waals surface area (Å²) in [5, 5.41) is 9.52. The summed E-state index contributed by atoms with van der Waals surface area (Å²) in [7, 11) is 0. The van der Waals surface area contributed by atoms with Crippen LogP contribution in [0.25, 0.3) is 10.8 Å². The van der Waals surface area contributed by atoms with Gasteiger partial charge in [-0.25, -0.2) is 9.36 Å². The Morgan fingerprint density at radius 3 is 2.26 bits per heavy atom. The second-order valence-electron chi connectivity index (χ2n) is 7.73. The Morgan fingerprint density at radius 2 is 1.56 bits per heavy atom. The third-order valence-electron chi connectivity index (χ3n) is 5.28. The van der Waals surface area contributed by atoms with Gasteiger partial charge in [0.1, 0.15) is 10.7 Å². The maximum Gasteiger partial charge on any atom is 0.290 e. The van der Waals surface area contributed by atoms with Crippen LogP contribution in [0, 0.1) is 6.92 Å². The quantitative estimate of drug-likeness (QED) is 0.414. The molecule has 0 unspecified atom stereocenters. The highest BCUT2D eigenvalue weighted by Gasteiger charge is 2.22.